The van der Waals surface area contributed by atoms with E-state index in [4.69, 9.17) is 0 Å². The van der Waals surface area contributed by atoms with E-state index in [0.29, 0.717) is 5.92 Å². The Balaban J connectivity index is 2.26. The number of hydrogen-bond acceptors (Lipinski definition) is 1. The summed E-state index contributed by atoms with van der Waals surface area (Å²) in [4.78, 5) is 13.5. The van der Waals surface area contributed by atoms with Gasteiger partial charge >= 0.3 is 0 Å². The second kappa shape index (κ2) is 9.13. The summed E-state index contributed by atoms with van der Waals surface area (Å²) in [6.45, 7) is 5.01. The zero-order valence-electron chi connectivity index (χ0n) is 12.8. The number of benzene rings is 1. The second-order valence-electron chi connectivity index (χ2n) is 5.42. The van der Waals surface area contributed by atoms with Crippen molar-refractivity contribution in [2.75, 3.05) is 13.6 Å². The third-order valence-electron chi connectivity index (χ3n) is 2.94. The minimum absolute atomic E-state index is 0.0615. The molecule has 0 N–H and O–H groups in total. The van der Waals surface area contributed by atoms with Crippen LogP contribution in [-0.4, -0.2) is 24.4 Å². The lowest BCUT2D eigenvalue weighted by atomic mass is 10.1. The molecule has 1 amide bonds. The monoisotopic (exact) mass is 271 g/mol. The fourth-order valence-electron chi connectivity index (χ4n) is 1.97. The molecule has 0 saturated heterocycles. The third-order valence-corrected chi connectivity index (χ3v) is 2.94. The Morgan fingerprint density at radius 2 is 1.90 bits per heavy atom. The van der Waals surface area contributed by atoms with E-state index in [-0.39, 0.29) is 5.91 Å². The number of nitrogens with zero attached hydrogens (tertiary/aromatic N) is 1. The van der Waals surface area contributed by atoms with Gasteiger partial charge in [-0.25, -0.2) is 0 Å². The highest BCUT2D eigenvalue weighted by Gasteiger charge is 2.05. The number of aryl methyl sites for hydroxylation is 1. The molecule has 2 heteroatoms. The molecule has 0 radical (unpaired) electrons. The largest absolute Gasteiger partial charge is 0.342 e. The van der Waals surface area contributed by atoms with Crippen LogP contribution in [-0.2, 0) is 11.2 Å². The summed E-state index contributed by atoms with van der Waals surface area (Å²) in [7, 11) is 1.84. The van der Waals surface area contributed by atoms with Gasteiger partial charge in [-0.15, -0.1) is 0 Å². The summed E-state index contributed by atoms with van der Waals surface area (Å²) in [6, 6.07) is 10.4. The van der Waals surface area contributed by atoms with E-state index in [1.54, 1.807) is 11.0 Å². The summed E-state index contributed by atoms with van der Waals surface area (Å²) in [6.07, 6.45) is 9.52. The van der Waals surface area contributed by atoms with Crippen molar-refractivity contribution in [1.29, 1.82) is 0 Å². The Morgan fingerprint density at radius 1 is 1.20 bits per heavy atom. The first-order valence-electron chi connectivity index (χ1n) is 7.22. The maximum Gasteiger partial charge on any atom is 0.246 e. The molecule has 0 saturated carbocycles. The predicted octanol–water partition coefficient (Wildman–Crippen LogP) is 3.85. The van der Waals surface area contributed by atoms with Crippen molar-refractivity contribution >= 4 is 5.91 Å². The lowest BCUT2D eigenvalue weighted by Gasteiger charge is -2.17. The Morgan fingerprint density at radius 3 is 2.55 bits per heavy atom. The number of likely N-dealkylation sites (N-methyl/N-ethyl adjacent to an activating group) is 1. The van der Waals surface area contributed by atoms with Gasteiger partial charge in [0.25, 0.3) is 0 Å². The molecule has 1 aromatic carbocycles. The number of rotatable bonds is 7. The first-order chi connectivity index (χ1) is 9.59. The topological polar surface area (TPSA) is 20.3 Å². The average molecular weight is 271 g/mol. The highest BCUT2D eigenvalue weighted by atomic mass is 16.2. The number of carbonyl (C=O) groups excluding carboxylic acids is 1. The highest BCUT2D eigenvalue weighted by molar-refractivity contribution is 5.87. The molecular weight excluding hydrogens is 246 g/mol. The predicted molar refractivity (Wildman–Crippen MR) is 85.5 cm³/mol. The molecule has 0 fully saturated rings. The maximum atomic E-state index is 11.7. The Kier molecular flexibility index (Phi) is 7.41. The van der Waals surface area contributed by atoms with Gasteiger partial charge in [0.05, 0.1) is 0 Å². The van der Waals surface area contributed by atoms with Gasteiger partial charge < -0.3 is 4.90 Å². The summed E-state index contributed by atoms with van der Waals surface area (Å²) in [5.74, 6) is 0.560. The van der Waals surface area contributed by atoms with Gasteiger partial charge in [0.15, 0.2) is 0 Å². The Bertz CT molecular complexity index is 446. The van der Waals surface area contributed by atoms with Gasteiger partial charge in [-0.2, -0.15) is 0 Å². The van der Waals surface area contributed by atoms with E-state index in [1.807, 2.05) is 25.3 Å². The van der Waals surface area contributed by atoms with Crippen LogP contribution in [0.15, 0.2) is 54.6 Å². The van der Waals surface area contributed by atoms with Crippen LogP contribution >= 0.6 is 0 Å². The van der Waals surface area contributed by atoms with Gasteiger partial charge in [0.1, 0.15) is 0 Å². The van der Waals surface area contributed by atoms with Crippen molar-refractivity contribution < 1.29 is 4.79 Å². The summed E-state index contributed by atoms with van der Waals surface area (Å²) in [5.41, 5.74) is 1.34. The van der Waals surface area contributed by atoms with Gasteiger partial charge in [0.2, 0.25) is 5.91 Å². The highest BCUT2D eigenvalue weighted by Crippen LogP contribution is 2.03. The molecule has 0 aliphatic rings. The quantitative estimate of drug-likeness (QED) is 0.545. The van der Waals surface area contributed by atoms with Crippen LogP contribution in [0.4, 0.5) is 0 Å². The van der Waals surface area contributed by atoms with Crippen LogP contribution < -0.4 is 0 Å². The Labute approximate surface area is 122 Å². The third kappa shape index (κ3) is 6.93. The smallest absolute Gasteiger partial charge is 0.246 e. The van der Waals surface area contributed by atoms with Crippen LogP contribution in [0.25, 0.3) is 0 Å². The SMILES string of the molecule is CC(C)CN(C)C(=O)/C=C/C=C/CCc1ccccc1. The second-order valence-corrected chi connectivity index (χ2v) is 5.42. The zero-order valence-corrected chi connectivity index (χ0v) is 12.8. The van der Waals surface area contributed by atoms with Crippen LogP contribution in [0.1, 0.15) is 25.8 Å². The minimum atomic E-state index is 0.0615. The normalized spacial score (nSPS) is 11.6. The van der Waals surface area contributed by atoms with Crippen molar-refractivity contribution in [2.45, 2.75) is 26.7 Å². The van der Waals surface area contributed by atoms with Crippen LogP contribution in [0.2, 0.25) is 0 Å². The molecule has 0 aromatic heterocycles. The summed E-state index contributed by atoms with van der Waals surface area (Å²) < 4.78 is 0. The summed E-state index contributed by atoms with van der Waals surface area (Å²) in [5, 5.41) is 0. The van der Waals surface area contributed by atoms with Crippen molar-refractivity contribution in [1.82, 2.24) is 4.90 Å². The standard InChI is InChI=1S/C18H25NO/c1-16(2)15-19(3)18(20)14-10-5-4-7-11-17-12-8-6-9-13-17/h4-6,8-10,12-14,16H,7,11,15H2,1-3H3/b5-4+,14-10+. The molecule has 0 spiro atoms. The summed E-state index contributed by atoms with van der Waals surface area (Å²) >= 11 is 0. The lowest BCUT2D eigenvalue weighted by Crippen LogP contribution is -2.28. The molecule has 0 unspecified atom stereocenters. The maximum absolute atomic E-state index is 11.7. The molecule has 0 bridgehead atoms. The molecule has 0 aliphatic carbocycles. The first-order valence-corrected chi connectivity index (χ1v) is 7.22. The molecule has 1 aromatic rings. The molecule has 0 aliphatic heterocycles. The van der Waals surface area contributed by atoms with Crippen LogP contribution in [0.5, 0.6) is 0 Å². The molecule has 108 valence electrons. The first kappa shape index (κ1) is 16.2. The van der Waals surface area contributed by atoms with E-state index in [2.05, 4.69) is 44.2 Å². The average Bonchev–Trinajstić information content (AvgIpc) is 2.42. The van der Waals surface area contributed by atoms with Gasteiger partial charge in [0, 0.05) is 19.7 Å². The molecule has 0 heterocycles. The van der Waals surface area contributed by atoms with E-state index in [1.165, 1.54) is 5.56 Å². The van der Waals surface area contributed by atoms with E-state index in [0.717, 1.165) is 19.4 Å². The molecule has 1 rings (SSSR count). The van der Waals surface area contributed by atoms with Gasteiger partial charge in [-0.3, -0.25) is 4.79 Å². The van der Waals surface area contributed by atoms with Gasteiger partial charge in [-0.05, 0) is 24.3 Å². The lowest BCUT2D eigenvalue weighted by molar-refractivity contribution is -0.125. The van der Waals surface area contributed by atoms with Crippen molar-refractivity contribution in [3.05, 3.63) is 60.2 Å². The van der Waals surface area contributed by atoms with E-state index in [9.17, 15) is 4.79 Å². The number of hydrogen-bond donors (Lipinski definition) is 0. The fourth-order valence-corrected chi connectivity index (χ4v) is 1.97. The Hall–Kier alpha value is -1.83. The van der Waals surface area contributed by atoms with Crippen LogP contribution in [0, 0.1) is 5.92 Å². The minimum Gasteiger partial charge on any atom is -0.342 e. The van der Waals surface area contributed by atoms with Gasteiger partial charge in [-0.1, -0.05) is 62.4 Å². The molecule has 2 nitrogen and oxygen atoms in total. The van der Waals surface area contributed by atoms with Crippen molar-refractivity contribution in [3.63, 3.8) is 0 Å². The zero-order chi connectivity index (χ0) is 14.8. The van der Waals surface area contributed by atoms with E-state index >= 15 is 0 Å². The molecule has 20 heavy (non-hydrogen) atoms. The molecule has 0 atom stereocenters. The van der Waals surface area contributed by atoms with Crippen molar-refractivity contribution in [3.8, 4) is 0 Å². The molecular formula is C18H25NO. The number of amides is 1. The van der Waals surface area contributed by atoms with E-state index < -0.39 is 0 Å². The number of carbonyl (C=O) groups is 1. The van der Waals surface area contributed by atoms with Crippen LogP contribution in [0.3, 0.4) is 0 Å². The fraction of sp³-hybridized carbons (Fsp3) is 0.389. The van der Waals surface area contributed by atoms with Crippen molar-refractivity contribution in [2.24, 2.45) is 5.92 Å². The number of allylic oxidation sites excluding steroid dienone is 3.